The first-order chi connectivity index (χ1) is 13.3. The fourth-order valence-electron chi connectivity index (χ4n) is 3.34. The highest BCUT2D eigenvalue weighted by Gasteiger charge is 2.19. The SMILES string of the molecule is O=C(c1ccc(Nc2ccccc2N2CCOCC2)cn1)N1CCOCC1. The molecule has 0 unspecified atom stereocenters. The molecule has 0 saturated carbocycles. The van der Waals surface area contributed by atoms with E-state index in [-0.39, 0.29) is 5.91 Å². The number of para-hydroxylation sites is 2. The second kappa shape index (κ2) is 8.37. The van der Waals surface area contributed by atoms with E-state index in [0.717, 1.165) is 43.4 Å². The number of carbonyl (C=O) groups excluding carboxylic acids is 1. The Balaban J connectivity index is 1.46. The van der Waals surface area contributed by atoms with Crippen LogP contribution in [-0.2, 0) is 9.47 Å². The number of aromatic nitrogens is 1. The van der Waals surface area contributed by atoms with Crippen molar-refractivity contribution in [1.82, 2.24) is 9.88 Å². The second-order valence-corrected chi connectivity index (χ2v) is 6.58. The second-order valence-electron chi connectivity index (χ2n) is 6.58. The summed E-state index contributed by atoms with van der Waals surface area (Å²) in [6.45, 7) is 5.66. The van der Waals surface area contributed by atoms with Gasteiger partial charge in [-0.15, -0.1) is 0 Å². The van der Waals surface area contributed by atoms with Gasteiger partial charge in [0.15, 0.2) is 0 Å². The number of nitrogens with zero attached hydrogens (tertiary/aromatic N) is 3. The van der Waals surface area contributed by atoms with Crippen LogP contribution >= 0.6 is 0 Å². The van der Waals surface area contributed by atoms with Crippen LogP contribution in [0.4, 0.5) is 17.1 Å². The molecule has 0 spiro atoms. The first kappa shape index (κ1) is 17.8. The van der Waals surface area contributed by atoms with Crippen molar-refractivity contribution in [2.45, 2.75) is 0 Å². The van der Waals surface area contributed by atoms with Gasteiger partial charge in [0.25, 0.3) is 5.91 Å². The lowest BCUT2D eigenvalue weighted by Gasteiger charge is -2.30. The van der Waals surface area contributed by atoms with E-state index in [1.165, 1.54) is 0 Å². The summed E-state index contributed by atoms with van der Waals surface area (Å²) in [4.78, 5) is 21.0. The fourth-order valence-corrected chi connectivity index (χ4v) is 3.34. The molecule has 7 heteroatoms. The molecule has 4 rings (SSSR count). The highest BCUT2D eigenvalue weighted by molar-refractivity contribution is 5.92. The molecule has 142 valence electrons. The van der Waals surface area contributed by atoms with Gasteiger partial charge in [-0.2, -0.15) is 0 Å². The largest absolute Gasteiger partial charge is 0.378 e. The normalized spacial score (nSPS) is 17.6. The van der Waals surface area contributed by atoms with Crippen molar-refractivity contribution in [3.8, 4) is 0 Å². The standard InChI is InChI=1S/C20H24N4O3/c25-20(24-9-13-27-14-10-24)18-6-5-16(15-21-18)22-17-3-1-2-4-19(17)23-7-11-26-12-8-23/h1-6,15,22H,7-14H2. The van der Waals surface area contributed by atoms with Gasteiger partial charge in [-0.05, 0) is 24.3 Å². The van der Waals surface area contributed by atoms with Crippen molar-refractivity contribution in [3.05, 3.63) is 48.3 Å². The van der Waals surface area contributed by atoms with Crippen LogP contribution in [0.5, 0.6) is 0 Å². The number of morpholine rings is 2. The molecule has 3 heterocycles. The van der Waals surface area contributed by atoms with Gasteiger partial charge < -0.3 is 24.6 Å². The third-order valence-electron chi connectivity index (χ3n) is 4.82. The maximum atomic E-state index is 12.5. The van der Waals surface area contributed by atoms with E-state index in [0.29, 0.717) is 32.0 Å². The van der Waals surface area contributed by atoms with Crippen LogP contribution < -0.4 is 10.2 Å². The van der Waals surface area contributed by atoms with Crippen molar-refractivity contribution < 1.29 is 14.3 Å². The van der Waals surface area contributed by atoms with E-state index in [1.807, 2.05) is 18.2 Å². The van der Waals surface area contributed by atoms with Crippen molar-refractivity contribution in [2.75, 3.05) is 62.8 Å². The molecule has 1 aromatic carbocycles. The van der Waals surface area contributed by atoms with Gasteiger partial charge in [0, 0.05) is 26.2 Å². The van der Waals surface area contributed by atoms with Crippen molar-refractivity contribution >= 4 is 23.0 Å². The summed E-state index contributed by atoms with van der Waals surface area (Å²) >= 11 is 0. The molecular formula is C20H24N4O3. The minimum absolute atomic E-state index is 0.0430. The zero-order chi connectivity index (χ0) is 18.5. The Bertz CT molecular complexity index is 769. The zero-order valence-corrected chi connectivity index (χ0v) is 15.3. The maximum absolute atomic E-state index is 12.5. The number of nitrogens with one attached hydrogen (secondary N) is 1. The Morgan fingerprint density at radius 3 is 2.33 bits per heavy atom. The molecule has 1 aromatic heterocycles. The average Bonchev–Trinajstić information content (AvgIpc) is 2.75. The number of rotatable bonds is 4. The summed E-state index contributed by atoms with van der Waals surface area (Å²) in [6.07, 6.45) is 1.71. The molecule has 27 heavy (non-hydrogen) atoms. The Morgan fingerprint density at radius 1 is 0.926 bits per heavy atom. The number of ether oxygens (including phenoxy) is 2. The van der Waals surface area contributed by atoms with Gasteiger partial charge in [-0.1, -0.05) is 12.1 Å². The Kier molecular flexibility index (Phi) is 5.50. The lowest BCUT2D eigenvalue weighted by molar-refractivity contribution is 0.0299. The molecule has 0 atom stereocenters. The third-order valence-corrected chi connectivity index (χ3v) is 4.82. The lowest BCUT2D eigenvalue weighted by Crippen LogP contribution is -2.41. The van der Waals surface area contributed by atoms with E-state index in [1.54, 1.807) is 17.2 Å². The monoisotopic (exact) mass is 368 g/mol. The minimum atomic E-state index is -0.0430. The van der Waals surface area contributed by atoms with Gasteiger partial charge in [-0.25, -0.2) is 4.98 Å². The van der Waals surface area contributed by atoms with Gasteiger partial charge in [0.1, 0.15) is 5.69 Å². The molecule has 2 fully saturated rings. The predicted molar refractivity (Wildman–Crippen MR) is 104 cm³/mol. The fraction of sp³-hybridized carbons (Fsp3) is 0.400. The predicted octanol–water partition coefficient (Wildman–Crippen LogP) is 2.13. The average molecular weight is 368 g/mol. The van der Waals surface area contributed by atoms with Crippen molar-refractivity contribution in [1.29, 1.82) is 0 Å². The Hall–Kier alpha value is -2.64. The van der Waals surface area contributed by atoms with E-state index in [4.69, 9.17) is 9.47 Å². The molecular weight excluding hydrogens is 344 g/mol. The molecule has 0 aliphatic carbocycles. The molecule has 2 aliphatic rings. The number of hydrogen-bond acceptors (Lipinski definition) is 6. The molecule has 2 aromatic rings. The molecule has 2 aliphatic heterocycles. The summed E-state index contributed by atoms with van der Waals surface area (Å²) in [5, 5.41) is 3.43. The zero-order valence-electron chi connectivity index (χ0n) is 15.3. The number of hydrogen-bond donors (Lipinski definition) is 1. The van der Waals surface area contributed by atoms with Gasteiger partial charge in [-0.3, -0.25) is 4.79 Å². The highest BCUT2D eigenvalue weighted by atomic mass is 16.5. The summed E-state index contributed by atoms with van der Waals surface area (Å²) < 4.78 is 10.7. The molecule has 0 bridgehead atoms. The van der Waals surface area contributed by atoms with Crippen molar-refractivity contribution in [2.24, 2.45) is 0 Å². The molecule has 1 N–H and O–H groups in total. The van der Waals surface area contributed by atoms with E-state index in [9.17, 15) is 4.79 Å². The van der Waals surface area contributed by atoms with Crippen LogP contribution in [-0.4, -0.2) is 68.4 Å². The summed E-state index contributed by atoms with van der Waals surface area (Å²) in [6, 6.07) is 11.9. The van der Waals surface area contributed by atoms with E-state index < -0.39 is 0 Å². The highest BCUT2D eigenvalue weighted by Crippen LogP contribution is 2.29. The van der Waals surface area contributed by atoms with Crippen LogP contribution in [0.2, 0.25) is 0 Å². The lowest BCUT2D eigenvalue weighted by atomic mass is 10.2. The maximum Gasteiger partial charge on any atom is 0.272 e. The van der Waals surface area contributed by atoms with Crippen LogP contribution in [0.1, 0.15) is 10.5 Å². The van der Waals surface area contributed by atoms with Crippen LogP contribution in [0.3, 0.4) is 0 Å². The van der Waals surface area contributed by atoms with Crippen LogP contribution in [0.25, 0.3) is 0 Å². The first-order valence-electron chi connectivity index (χ1n) is 9.33. The van der Waals surface area contributed by atoms with E-state index in [2.05, 4.69) is 27.3 Å². The Morgan fingerprint density at radius 2 is 1.63 bits per heavy atom. The third kappa shape index (κ3) is 4.20. The van der Waals surface area contributed by atoms with Gasteiger partial charge >= 0.3 is 0 Å². The van der Waals surface area contributed by atoms with Gasteiger partial charge in [0.2, 0.25) is 0 Å². The molecule has 7 nitrogen and oxygen atoms in total. The summed E-state index contributed by atoms with van der Waals surface area (Å²) in [5.41, 5.74) is 3.49. The quantitative estimate of drug-likeness (QED) is 0.892. The van der Waals surface area contributed by atoms with Crippen molar-refractivity contribution in [3.63, 3.8) is 0 Å². The Labute approximate surface area is 158 Å². The molecule has 2 saturated heterocycles. The smallest absolute Gasteiger partial charge is 0.272 e. The number of amides is 1. The number of benzene rings is 1. The number of pyridine rings is 1. The topological polar surface area (TPSA) is 66.9 Å². The minimum Gasteiger partial charge on any atom is -0.378 e. The first-order valence-corrected chi connectivity index (χ1v) is 9.33. The number of carbonyl (C=O) groups is 1. The summed E-state index contributed by atoms with van der Waals surface area (Å²) in [5.74, 6) is -0.0430. The van der Waals surface area contributed by atoms with Gasteiger partial charge in [0.05, 0.1) is 49.7 Å². The van der Waals surface area contributed by atoms with Crippen LogP contribution in [0.15, 0.2) is 42.6 Å². The molecule has 0 radical (unpaired) electrons. The molecule has 1 amide bonds. The number of anilines is 3. The van der Waals surface area contributed by atoms with Crippen LogP contribution in [0, 0.1) is 0 Å². The summed E-state index contributed by atoms with van der Waals surface area (Å²) in [7, 11) is 0. The van der Waals surface area contributed by atoms with E-state index >= 15 is 0 Å².